The van der Waals surface area contributed by atoms with Crippen molar-refractivity contribution < 1.29 is 14.3 Å². The molecule has 0 radical (unpaired) electrons. The first-order valence-electron chi connectivity index (χ1n) is 6.69. The highest BCUT2D eigenvalue weighted by atomic mass is 35.5. The lowest BCUT2D eigenvalue weighted by Crippen LogP contribution is -2.05. The van der Waals surface area contributed by atoms with Gasteiger partial charge in [-0.25, -0.2) is 9.79 Å². The average Bonchev–Trinajstić information content (AvgIpc) is 2.89. The number of nitrogens with zero attached hydrogens (tertiary/aromatic N) is 1. The molecular formula is C17H11Cl2NO3. The van der Waals surface area contributed by atoms with Crippen molar-refractivity contribution in [2.24, 2.45) is 4.99 Å². The summed E-state index contributed by atoms with van der Waals surface area (Å²) in [6.07, 6.45) is 1.59. The molecule has 2 aromatic rings. The van der Waals surface area contributed by atoms with Crippen LogP contribution in [0.2, 0.25) is 10.0 Å². The van der Waals surface area contributed by atoms with Crippen LogP contribution in [0.25, 0.3) is 6.08 Å². The van der Waals surface area contributed by atoms with Gasteiger partial charge >= 0.3 is 5.97 Å². The minimum Gasteiger partial charge on any atom is -0.495 e. The number of aliphatic imine (C=N–C) groups is 1. The fourth-order valence-electron chi connectivity index (χ4n) is 2.09. The molecule has 6 heteroatoms. The van der Waals surface area contributed by atoms with Gasteiger partial charge < -0.3 is 9.47 Å². The van der Waals surface area contributed by atoms with E-state index in [1.165, 1.54) is 7.11 Å². The number of esters is 1. The van der Waals surface area contributed by atoms with Gasteiger partial charge in [0.2, 0.25) is 5.90 Å². The largest absolute Gasteiger partial charge is 0.495 e. The number of ether oxygens (including phenoxy) is 2. The van der Waals surface area contributed by atoms with Crippen molar-refractivity contribution in [3.8, 4) is 5.75 Å². The van der Waals surface area contributed by atoms with E-state index >= 15 is 0 Å². The SMILES string of the molecule is COc1ccc(/C=C2/N=C(c3ccccc3Cl)OC2=O)cc1Cl. The van der Waals surface area contributed by atoms with Crippen LogP contribution in [0.15, 0.2) is 53.2 Å². The monoisotopic (exact) mass is 347 g/mol. The second-order valence-electron chi connectivity index (χ2n) is 4.71. The predicted molar refractivity (Wildman–Crippen MR) is 90.1 cm³/mol. The summed E-state index contributed by atoms with van der Waals surface area (Å²) in [4.78, 5) is 16.2. The molecule has 1 aliphatic heterocycles. The number of carbonyl (C=O) groups excluding carboxylic acids is 1. The normalized spacial score (nSPS) is 15.5. The summed E-state index contributed by atoms with van der Waals surface area (Å²) in [7, 11) is 1.54. The molecule has 0 amide bonds. The van der Waals surface area contributed by atoms with Crippen LogP contribution in [0, 0.1) is 0 Å². The number of rotatable bonds is 3. The zero-order chi connectivity index (χ0) is 16.4. The Balaban J connectivity index is 1.95. The van der Waals surface area contributed by atoms with Gasteiger partial charge in [-0.2, -0.15) is 0 Å². The minimum absolute atomic E-state index is 0.182. The molecule has 0 saturated heterocycles. The molecule has 1 aliphatic rings. The molecule has 0 spiro atoms. The van der Waals surface area contributed by atoms with Crippen molar-refractivity contribution in [2.75, 3.05) is 7.11 Å². The quantitative estimate of drug-likeness (QED) is 0.612. The van der Waals surface area contributed by atoms with E-state index in [-0.39, 0.29) is 11.6 Å². The van der Waals surface area contributed by atoms with Crippen LogP contribution in [0.4, 0.5) is 0 Å². The molecular weight excluding hydrogens is 337 g/mol. The second-order valence-corrected chi connectivity index (χ2v) is 5.52. The van der Waals surface area contributed by atoms with Crippen molar-refractivity contribution in [1.29, 1.82) is 0 Å². The molecule has 0 bridgehead atoms. The summed E-state index contributed by atoms with van der Waals surface area (Å²) >= 11 is 12.2. The average molecular weight is 348 g/mol. The highest BCUT2D eigenvalue weighted by Crippen LogP contribution is 2.28. The van der Waals surface area contributed by atoms with Crippen molar-refractivity contribution in [2.45, 2.75) is 0 Å². The van der Waals surface area contributed by atoms with Gasteiger partial charge in [-0.3, -0.25) is 0 Å². The first-order valence-corrected chi connectivity index (χ1v) is 7.45. The Hall–Kier alpha value is -2.30. The fourth-order valence-corrected chi connectivity index (χ4v) is 2.57. The second kappa shape index (κ2) is 6.44. The van der Waals surface area contributed by atoms with E-state index < -0.39 is 5.97 Å². The van der Waals surface area contributed by atoms with Gasteiger partial charge in [0.15, 0.2) is 5.70 Å². The third kappa shape index (κ3) is 3.23. The Kier molecular flexibility index (Phi) is 4.37. The van der Waals surface area contributed by atoms with Crippen LogP contribution in [0.3, 0.4) is 0 Å². The Morgan fingerprint density at radius 2 is 1.91 bits per heavy atom. The van der Waals surface area contributed by atoms with E-state index in [1.807, 2.05) is 0 Å². The Morgan fingerprint density at radius 3 is 2.61 bits per heavy atom. The zero-order valence-corrected chi connectivity index (χ0v) is 13.6. The maximum atomic E-state index is 12.0. The van der Waals surface area contributed by atoms with Gasteiger partial charge in [0.1, 0.15) is 5.75 Å². The van der Waals surface area contributed by atoms with Crippen LogP contribution in [-0.4, -0.2) is 19.0 Å². The molecule has 0 N–H and O–H groups in total. The third-order valence-corrected chi connectivity index (χ3v) is 3.83. The fraction of sp³-hybridized carbons (Fsp3) is 0.0588. The molecule has 116 valence electrons. The van der Waals surface area contributed by atoms with Gasteiger partial charge in [0, 0.05) is 0 Å². The Morgan fingerprint density at radius 1 is 1.13 bits per heavy atom. The number of hydrogen-bond donors (Lipinski definition) is 0. The summed E-state index contributed by atoms with van der Waals surface area (Å²) in [5.74, 6) is 0.210. The smallest absolute Gasteiger partial charge is 0.363 e. The summed E-state index contributed by atoms with van der Waals surface area (Å²) in [5, 5.41) is 0.913. The van der Waals surface area contributed by atoms with Gasteiger partial charge in [-0.15, -0.1) is 0 Å². The number of halogens is 2. The van der Waals surface area contributed by atoms with Crippen LogP contribution in [-0.2, 0) is 9.53 Å². The lowest BCUT2D eigenvalue weighted by molar-refractivity contribution is -0.129. The molecule has 0 fully saturated rings. The van der Waals surface area contributed by atoms with E-state index in [1.54, 1.807) is 48.5 Å². The zero-order valence-electron chi connectivity index (χ0n) is 12.0. The highest BCUT2D eigenvalue weighted by Gasteiger charge is 2.25. The summed E-state index contributed by atoms with van der Waals surface area (Å²) < 4.78 is 10.3. The van der Waals surface area contributed by atoms with Gasteiger partial charge in [-0.1, -0.05) is 41.4 Å². The van der Waals surface area contributed by atoms with Crippen LogP contribution < -0.4 is 4.74 Å². The highest BCUT2D eigenvalue weighted by molar-refractivity contribution is 6.34. The number of cyclic esters (lactones) is 1. The molecule has 0 unspecified atom stereocenters. The molecule has 1 heterocycles. The summed E-state index contributed by atoms with van der Waals surface area (Å²) in [6.45, 7) is 0. The van der Waals surface area contributed by atoms with Gasteiger partial charge in [0.05, 0.1) is 22.7 Å². The van der Waals surface area contributed by atoms with Gasteiger partial charge in [0.25, 0.3) is 0 Å². The molecule has 0 aliphatic carbocycles. The summed E-state index contributed by atoms with van der Waals surface area (Å²) in [6, 6.07) is 12.2. The standard InChI is InChI=1S/C17H11Cl2NO3/c1-22-15-7-6-10(8-13(15)19)9-14-17(21)23-16(20-14)11-4-2-3-5-12(11)18/h2-9H,1H3/b14-9+. The molecule has 0 aromatic heterocycles. The Labute approximate surface area is 143 Å². The lowest BCUT2D eigenvalue weighted by Gasteiger charge is -2.03. The van der Waals surface area contributed by atoms with Crippen LogP contribution in [0.1, 0.15) is 11.1 Å². The topological polar surface area (TPSA) is 47.9 Å². The molecule has 3 rings (SSSR count). The van der Waals surface area contributed by atoms with Gasteiger partial charge in [-0.05, 0) is 35.9 Å². The Bertz CT molecular complexity index is 843. The van der Waals surface area contributed by atoms with E-state index in [4.69, 9.17) is 32.7 Å². The molecule has 4 nitrogen and oxygen atoms in total. The number of methoxy groups -OCH3 is 1. The van der Waals surface area contributed by atoms with E-state index in [2.05, 4.69) is 4.99 Å². The van der Waals surface area contributed by atoms with Crippen LogP contribution >= 0.6 is 23.2 Å². The van der Waals surface area contributed by atoms with Crippen molar-refractivity contribution in [1.82, 2.24) is 0 Å². The molecule has 0 saturated carbocycles. The molecule has 23 heavy (non-hydrogen) atoms. The van der Waals surface area contributed by atoms with Crippen molar-refractivity contribution in [3.05, 3.63) is 69.3 Å². The summed E-state index contributed by atoms with van der Waals surface area (Å²) in [5.41, 5.74) is 1.46. The number of benzene rings is 2. The van der Waals surface area contributed by atoms with Crippen molar-refractivity contribution in [3.63, 3.8) is 0 Å². The maximum Gasteiger partial charge on any atom is 0.363 e. The lowest BCUT2D eigenvalue weighted by atomic mass is 10.2. The number of hydrogen-bond acceptors (Lipinski definition) is 4. The molecule has 2 aromatic carbocycles. The van der Waals surface area contributed by atoms with Crippen molar-refractivity contribution >= 4 is 41.1 Å². The first kappa shape index (κ1) is 15.6. The first-order chi connectivity index (χ1) is 11.1. The third-order valence-electron chi connectivity index (χ3n) is 3.20. The maximum absolute atomic E-state index is 12.0. The predicted octanol–water partition coefficient (Wildman–Crippen LogP) is 4.35. The molecule has 0 atom stereocenters. The van der Waals surface area contributed by atoms with Crippen LogP contribution in [0.5, 0.6) is 5.75 Å². The minimum atomic E-state index is -0.535. The van der Waals surface area contributed by atoms with E-state index in [9.17, 15) is 4.79 Å². The number of carbonyl (C=O) groups is 1. The van der Waals surface area contributed by atoms with E-state index in [0.717, 1.165) is 0 Å². The van der Waals surface area contributed by atoms with E-state index in [0.29, 0.717) is 26.9 Å².